The minimum Gasteiger partial charge on any atom is -0.454 e. The molecule has 2 nitrogen and oxygen atoms in total. The lowest BCUT2D eigenvalue weighted by molar-refractivity contribution is -0.137. The number of halogens is 5. The van der Waals surface area contributed by atoms with Crippen LogP contribution in [-0.2, 0) is 6.18 Å². The molecule has 0 saturated heterocycles. The first-order valence-corrected chi connectivity index (χ1v) is 6.16. The quantitative estimate of drug-likeness (QED) is 0.612. The summed E-state index contributed by atoms with van der Waals surface area (Å²) in [6.07, 6.45) is -4.45. The number of hydrogen-bond acceptors (Lipinski definition) is 2. The Labute approximate surface area is 120 Å². The van der Waals surface area contributed by atoms with Crippen molar-refractivity contribution < 1.29 is 22.3 Å². The van der Waals surface area contributed by atoms with Crippen molar-refractivity contribution in [2.75, 3.05) is 5.73 Å². The molecule has 0 unspecified atom stereocenters. The maximum absolute atomic E-state index is 13.1. The zero-order valence-electron chi connectivity index (χ0n) is 9.84. The van der Waals surface area contributed by atoms with Crippen LogP contribution in [0.3, 0.4) is 0 Å². The molecule has 0 aliphatic rings. The van der Waals surface area contributed by atoms with Gasteiger partial charge in [0.05, 0.1) is 15.7 Å². The SMILES string of the molecule is Nc1ccc(F)cc1Oc1ccc(C(F)(F)F)cc1Br. The van der Waals surface area contributed by atoms with E-state index in [0.717, 1.165) is 30.3 Å². The molecule has 2 N–H and O–H groups in total. The average Bonchev–Trinajstić information content (AvgIpc) is 2.35. The van der Waals surface area contributed by atoms with Gasteiger partial charge in [-0.15, -0.1) is 0 Å². The van der Waals surface area contributed by atoms with Crippen LogP contribution in [0.5, 0.6) is 11.5 Å². The Bertz CT molecular complexity index is 643. The Morgan fingerprint density at radius 2 is 1.70 bits per heavy atom. The van der Waals surface area contributed by atoms with Gasteiger partial charge < -0.3 is 10.5 Å². The molecule has 2 aromatic rings. The summed E-state index contributed by atoms with van der Waals surface area (Å²) in [5.41, 5.74) is 4.96. The van der Waals surface area contributed by atoms with Crippen molar-refractivity contribution in [2.45, 2.75) is 6.18 Å². The molecule has 0 aromatic heterocycles. The molecular weight excluding hydrogens is 342 g/mol. The predicted molar refractivity (Wildman–Crippen MR) is 70.0 cm³/mol. The van der Waals surface area contributed by atoms with Gasteiger partial charge in [0.1, 0.15) is 11.6 Å². The maximum Gasteiger partial charge on any atom is 0.416 e. The van der Waals surface area contributed by atoms with E-state index in [-0.39, 0.29) is 21.7 Å². The monoisotopic (exact) mass is 349 g/mol. The van der Waals surface area contributed by atoms with Crippen LogP contribution < -0.4 is 10.5 Å². The molecule has 20 heavy (non-hydrogen) atoms. The first-order valence-electron chi connectivity index (χ1n) is 5.37. The standard InChI is InChI=1S/C13H8BrF4NO/c14-9-5-7(13(16,17)18)1-4-11(9)20-12-6-8(15)2-3-10(12)19/h1-6H,19H2. The number of nitrogens with two attached hydrogens (primary N) is 1. The minimum atomic E-state index is -4.45. The molecule has 0 amide bonds. The van der Waals surface area contributed by atoms with Crippen molar-refractivity contribution >= 4 is 21.6 Å². The molecule has 0 aliphatic heterocycles. The highest BCUT2D eigenvalue weighted by Gasteiger charge is 2.31. The first-order chi connectivity index (χ1) is 9.27. The van der Waals surface area contributed by atoms with E-state index in [0.29, 0.717) is 0 Å². The number of hydrogen-bond donors (Lipinski definition) is 1. The zero-order valence-corrected chi connectivity index (χ0v) is 11.4. The Morgan fingerprint density at radius 1 is 1.00 bits per heavy atom. The summed E-state index contributed by atoms with van der Waals surface area (Å²) < 4.78 is 56.0. The largest absolute Gasteiger partial charge is 0.454 e. The lowest BCUT2D eigenvalue weighted by atomic mass is 10.2. The molecule has 0 atom stereocenters. The molecular formula is C13H8BrF4NO. The highest BCUT2D eigenvalue weighted by atomic mass is 79.9. The fraction of sp³-hybridized carbons (Fsp3) is 0.0769. The summed E-state index contributed by atoms with van der Waals surface area (Å²) in [7, 11) is 0. The van der Waals surface area contributed by atoms with Gasteiger partial charge in [-0.05, 0) is 46.3 Å². The molecule has 0 aliphatic carbocycles. The molecule has 2 rings (SSSR count). The molecule has 0 heterocycles. The summed E-state index contributed by atoms with van der Waals surface area (Å²) in [5, 5.41) is 0. The molecule has 0 bridgehead atoms. The van der Waals surface area contributed by atoms with E-state index in [1.54, 1.807) is 0 Å². The second-order valence-corrected chi connectivity index (χ2v) is 4.78. The normalized spacial score (nSPS) is 11.4. The van der Waals surface area contributed by atoms with E-state index in [4.69, 9.17) is 10.5 Å². The summed E-state index contributed by atoms with van der Waals surface area (Å²) in [5.74, 6) is -0.419. The molecule has 7 heteroatoms. The molecule has 2 aromatic carbocycles. The van der Waals surface area contributed by atoms with Crippen LogP contribution in [0.15, 0.2) is 40.9 Å². The van der Waals surface area contributed by atoms with Gasteiger partial charge in [0.25, 0.3) is 0 Å². The number of anilines is 1. The van der Waals surface area contributed by atoms with Crippen molar-refractivity contribution in [2.24, 2.45) is 0 Å². The highest BCUT2D eigenvalue weighted by Crippen LogP contribution is 2.37. The van der Waals surface area contributed by atoms with Gasteiger partial charge in [-0.1, -0.05) is 0 Å². The van der Waals surface area contributed by atoms with E-state index < -0.39 is 17.6 Å². The summed E-state index contributed by atoms with van der Waals surface area (Å²) in [6, 6.07) is 6.41. The Kier molecular flexibility index (Phi) is 3.89. The van der Waals surface area contributed by atoms with Crippen molar-refractivity contribution in [3.8, 4) is 11.5 Å². The van der Waals surface area contributed by atoms with Crippen LogP contribution in [0.2, 0.25) is 0 Å². The van der Waals surface area contributed by atoms with Crippen LogP contribution in [-0.4, -0.2) is 0 Å². The lowest BCUT2D eigenvalue weighted by Gasteiger charge is -2.12. The van der Waals surface area contributed by atoms with Crippen molar-refractivity contribution in [3.05, 3.63) is 52.3 Å². The first kappa shape index (κ1) is 14.6. The van der Waals surface area contributed by atoms with Crippen molar-refractivity contribution in [1.29, 1.82) is 0 Å². The van der Waals surface area contributed by atoms with Crippen LogP contribution in [0.4, 0.5) is 23.2 Å². The lowest BCUT2D eigenvalue weighted by Crippen LogP contribution is -2.04. The second-order valence-electron chi connectivity index (χ2n) is 3.93. The van der Waals surface area contributed by atoms with E-state index in [9.17, 15) is 17.6 Å². The molecule has 0 saturated carbocycles. The van der Waals surface area contributed by atoms with Crippen LogP contribution in [0.25, 0.3) is 0 Å². The fourth-order valence-corrected chi connectivity index (χ4v) is 1.93. The summed E-state index contributed by atoms with van der Waals surface area (Å²) in [4.78, 5) is 0. The highest BCUT2D eigenvalue weighted by molar-refractivity contribution is 9.10. The third kappa shape index (κ3) is 3.22. The van der Waals surface area contributed by atoms with Gasteiger partial charge in [0, 0.05) is 6.07 Å². The van der Waals surface area contributed by atoms with Crippen molar-refractivity contribution in [1.82, 2.24) is 0 Å². The third-order valence-corrected chi connectivity index (χ3v) is 3.07. The Hall–Kier alpha value is -1.76. The molecule has 0 fully saturated rings. The van der Waals surface area contributed by atoms with Gasteiger partial charge in [-0.25, -0.2) is 4.39 Å². The van der Waals surface area contributed by atoms with Crippen LogP contribution in [0.1, 0.15) is 5.56 Å². The number of alkyl halides is 3. The fourth-order valence-electron chi connectivity index (χ4n) is 1.47. The Morgan fingerprint density at radius 3 is 2.30 bits per heavy atom. The Balaban J connectivity index is 2.33. The van der Waals surface area contributed by atoms with Crippen LogP contribution in [0, 0.1) is 5.82 Å². The molecule has 0 radical (unpaired) electrons. The smallest absolute Gasteiger partial charge is 0.416 e. The maximum atomic E-state index is 13.1. The number of rotatable bonds is 2. The van der Waals surface area contributed by atoms with Gasteiger partial charge in [0.2, 0.25) is 0 Å². The van der Waals surface area contributed by atoms with Gasteiger partial charge in [-0.2, -0.15) is 13.2 Å². The zero-order chi connectivity index (χ0) is 14.9. The van der Waals surface area contributed by atoms with E-state index in [2.05, 4.69) is 15.9 Å². The number of ether oxygens (including phenoxy) is 1. The van der Waals surface area contributed by atoms with Crippen molar-refractivity contribution in [3.63, 3.8) is 0 Å². The van der Waals surface area contributed by atoms with E-state index in [1.165, 1.54) is 6.07 Å². The van der Waals surface area contributed by atoms with Crippen LogP contribution >= 0.6 is 15.9 Å². The molecule has 0 spiro atoms. The number of benzene rings is 2. The summed E-state index contributed by atoms with van der Waals surface area (Å²) >= 11 is 2.98. The predicted octanol–water partition coefficient (Wildman–Crippen LogP) is 4.98. The van der Waals surface area contributed by atoms with Gasteiger partial charge >= 0.3 is 6.18 Å². The van der Waals surface area contributed by atoms with E-state index in [1.807, 2.05) is 0 Å². The topological polar surface area (TPSA) is 35.2 Å². The van der Waals surface area contributed by atoms with Gasteiger partial charge in [0.15, 0.2) is 5.75 Å². The number of nitrogen functional groups attached to an aromatic ring is 1. The second kappa shape index (κ2) is 5.32. The summed E-state index contributed by atoms with van der Waals surface area (Å²) in [6.45, 7) is 0. The average molecular weight is 350 g/mol. The molecule has 106 valence electrons. The minimum absolute atomic E-state index is 0.0328. The van der Waals surface area contributed by atoms with E-state index >= 15 is 0 Å². The van der Waals surface area contributed by atoms with Gasteiger partial charge in [-0.3, -0.25) is 0 Å². The third-order valence-electron chi connectivity index (χ3n) is 2.45.